The van der Waals surface area contributed by atoms with E-state index in [0.29, 0.717) is 11.1 Å². The zero-order chi connectivity index (χ0) is 17.0. The molecule has 1 N–H and O–H groups in total. The number of non-ortho nitro benzene ring substituents is 1. The largest absolute Gasteiger partial charge is 0.301 e. The predicted octanol–water partition coefficient (Wildman–Crippen LogP) is 3.40. The van der Waals surface area contributed by atoms with Crippen LogP contribution in [0.3, 0.4) is 0 Å². The van der Waals surface area contributed by atoms with Gasteiger partial charge in [0.15, 0.2) is 0 Å². The van der Waals surface area contributed by atoms with Crippen LogP contribution in [0, 0.1) is 33.0 Å². The molecule has 0 unspecified atom stereocenters. The summed E-state index contributed by atoms with van der Waals surface area (Å²) in [5, 5.41) is 25.4. The van der Waals surface area contributed by atoms with Gasteiger partial charge in [-0.2, -0.15) is 5.10 Å². The molecule has 9 heteroatoms. The maximum atomic E-state index is 13.4. The molecule has 0 radical (unpaired) electrons. The number of benzene rings is 2. The van der Waals surface area contributed by atoms with Crippen molar-refractivity contribution in [3.8, 4) is 0 Å². The molecule has 2 aromatic carbocycles. The highest BCUT2D eigenvalue weighted by molar-refractivity contribution is 5.82. The first-order valence-corrected chi connectivity index (χ1v) is 6.37. The highest BCUT2D eigenvalue weighted by Crippen LogP contribution is 2.28. The van der Waals surface area contributed by atoms with Gasteiger partial charge in [-0.1, -0.05) is 12.1 Å². The number of nitrogens with one attached hydrogen (secondary N) is 1. The van der Waals surface area contributed by atoms with Crippen LogP contribution in [0.25, 0.3) is 0 Å². The van der Waals surface area contributed by atoms with E-state index in [1.54, 1.807) is 13.0 Å². The van der Waals surface area contributed by atoms with E-state index in [0.717, 1.165) is 12.1 Å². The number of rotatable bonds is 5. The minimum Gasteiger partial charge on any atom is -0.272 e. The number of hydrazone groups is 1. The lowest BCUT2D eigenvalue weighted by atomic mass is 10.1. The molecule has 0 aliphatic heterocycles. The standard InChI is InChI=1S/C14H11FN4O4/c1-9-10(3-2-4-12(9)15)8-16-17-13-6-5-11(18(20)21)7-14(13)19(22)23/h2-8,17H,1H3/b16-8+. The van der Waals surface area contributed by atoms with Gasteiger partial charge in [-0.15, -0.1) is 0 Å². The van der Waals surface area contributed by atoms with E-state index in [9.17, 15) is 24.6 Å². The molecule has 0 spiro atoms. The Kier molecular flexibility index (Phi) is 4.60. The third-order valence-electron chi connectivity index (χ3n) is 3.09. The molecule has 0 saturated heterocycles. The van der Waals surface area contributed by atoms with Crippen molar-refractivity contribution in [3.05, 3.63) is 73.6 Å². The molecule has 0 heterocycles. The summed E-state index contributed by atoms with van der Waals surface area (Å²) in [5.74, 6) is -0.393. The molecule has 118 valence electrons. The maximum absolute atomic E-state index is 13.4. The topological polar surface area (TPSA) is 111 Å². The Bertz CT molecular complexity index is 807. The van der Waals surface area contributed by atoms with E-state index in [1.807, 2.05) is 0 Å². The number of hydrogen-bond acceptors (Lipinski definition) is 6. The number of halogens is 1. The van der Waals surface area contributed by atoms with Crippen molar-refractivity contribution in [3.63, 3.8) is 0 Å². The number of nitro benzene ring substituents is 2. The summed E-state index contributed by atoms with van der Waals surface area (Å²) >= 11 is 0. The van der Waals surface area contributed by atoms with E-state index >= 15 is 0 Å². The number of hydrogen-bond donors (Lipinski definition) is 1. The molecule has 0 amide bonds. The van der Waals surface area contributed by atoms with E-state index in [-0.39, 0.29) is 5.69 Å². The third kappa shape index (κ3) is 3.64. The van der Waals surface area contributed by atoms with E-state index < -0.39 is 27.0 Å². The Morgan fingerprint density at radius 2 is 1.91 bits per heavy atom. The second kappa shape index (κ2) is 6.60. The summed E-state index contributed by atoms with van der Waals surface area (Å²) in [6, 6.07) is 7.60. The third-order valence-corrected chi connectivity index (χ3v) is 3.09. The summed E-state index contributed by atoms with van der Waals surface area (Å²) in [5.41, 5.74) is 2.44. The van der Waals surface area contributed by atoms with Gasteiger partial charge in [0.05, 0.1) is 22.1 Å². The van der Waals surface area contributed by atoms with Crippen LogP contribution in [0.15, 0.2) is 41.5 Å². The van der Waals surface area contributed by atoms with Crippen LogP contribution in [0.1, 0.15) is 11.1 Å². The van der Waals surface area contributed by atoms with Crippen LogP contribution in [-0.2, 0) is 0 Å². The lowest BCUT2D eigenvalue weighted by Gasteiger charge is -2.03. The van der Waals surface area contributed by atoms with Crippen molar-refractivity contribution >= 4 is 23.3 Å². The average Bonchev–Trinajstić information content (AvgIpc) is 2.51. The lowest BCUT2D eigenvalue weighted by Crippen LogP contribution is -1.99. The molecule has 0 bridgehead atoms. The Balaban J connectivity index is 2.26. The number of anilines is 1. The van der Waals surface area contributed by atoms with Gasteiger partial charge in [0.2, 0.25) is 0 Å². The molecular formula is C14H11FN4O4. The normalized spacial score (nSPS) is 10.7. The molecule has 0 aromatic heterocycles. The van der Waals surface area contributed by atoms with Crippen LogP contribution in [0.4, 0.5) is 21.5 Å². The van der Waals surface area contributed by atoms with E-state index in [1.165, 1.54) is 24.4 Å². The van der Waals surface area contributed by atoms with Crippen LogP contribution < -0.4 is 5.43 Å². The van der Waals surface area contributed by atoms with Crippen molar-refractivity contribution in [1.82, 2.24) is 0 Å². The van der Waals surface area contributed by atoms with Crippen LogP contribution in [0.2, 0.25) is 0 Å². The lowest BCUT2D eigenvalue weighted by molar-refractivity contribution is -0.393. The summed E-state index contributed by atoms with van der Waals surface area (Å²) < 4.78 is 13.4. The second-order valence-electron chi connectivity index (χ2n) is 4.54. The fourth-order valence-corrected chi connectivity index (χ4v) is 1.81. The minimum atomic E-state index is -0.752. The van der Waals surface area contributed by atoms with Gasteiger partial charge in [0, 0.05) is 11.6 Å². The zero-order valence-electron chi connectivity index (χ0n) is 11.9. The highest BCUT2D eigenvalue weighted by Gasteiger charge is 2.19. The second-order valence-corrected chi connectivity index (χ2v) is 4.54. The molecule has 2 aromatic rings. The maximum Gasteiger partial charge on any atom is 0.301 e. The number of nitro groups is 2. The first-order chi connectivity index (χ1) is 10.9. The Labute approximate surface area is 129 Å². The average molecular weight is 318 g/mol. The van der Waals surface area contributed by atoms with Gasteiger partial charge in [0.1, 0.15) is 11.5 Å². The van der Waals surface area contributed by atoms with E-state index in [2.05, 4.69) is 10.5 Å². The fraction of sp³-hybridized carbons (Fsp3) is 0.0714. The predicted molar refractivity (Wildman–Crippen MR) is 82.1 cm³/mol. The van der Waals surface area contributed by atoms with Crippen molar-refractivity contribution in [1.29, 1.82) is 0 Å². The Morgan fingerprint density at radius 3 is 2.57 bits per heavy atom. The zero-order valence-corrected chi connectivity index (χ0v) is 11.9. The van der Waals surface area contributed by atoms with Crippen molar-refractivity contribution in [2.24, 2.45) is 5.10 Å². The minimum absolute atomic E-state index is 0.00842. The summed E-state index contributed by atoms with van der Waals surface area (Å²) in [7, 11) is 0. The van der Waals surface area contributed by atoms with Crippen molar-refractivity contribution in [2.75, 3.05) is 5.43 Å². The summed E-state index contributed by atoms with van der Waals surface area (Å²) in [4.78, 5) is 20.1. The first kappa shape index (κ1) is 16.0. The summed E-state index contributed by atoms with van der Waals surface area (Å²) in [6.45, 7) is 1.57. The van der Waals surface area contributed by atoms with E-state index in [4.69, 9.17) is 0 Å². The van der Waals surface area contributed by atoms with Gasteiger partial charge in [-0.25, -0.2) is 4.39 Å². The molecular weight excluding hydrogens is 307 g/mol. The molecule has 8 nitrogen and oxygen atoms in total. The van der Waals surface area contributed by atoms with Gasteiger partial charge in [-0.05, 0) is 24.6 Å². The summed E-state index contributed by atoms with van der Waals surface area (Å²) in [6.07, 6.45) is 1.31. The van der Waals surface area contributed by atoms with Gasteiger partial charge < -0.3 is 0 Å². The van der Waals surface area contributed by atoms with Crippen molar-refractivity contribution < 1.29 is 14.2 Å². The SMILES string of the molecule is Cc1c(F)cccc1/C=N/Nc1ccc([N+](=O)[O-])cc1[N+](=O)[O-]. The molecule has 0 fully saturated rings. The monoisotopic (exact) mass is 318 g/mol. The van der Waals surface area contributed by atoms with Gasteiger partial charge in [0.25, 0.3) is 5.69 Å². The fourth-order valence-electron chi connectivity index (χ4n) is 1.81. The number of nitrogens with zero attached hydrogens (tertiary/aromatic N) is 3. The van der Waals surface area contributed by atoms with Crippen LogP contribution in [-0.4, -0.2) is 16.1 Å². The van der Waals surface area contributed by atoms with Gasteiger partial charge in [-0.3, -0.25) is 25.7 Å². The van der Waals surface area contributed by atoms with Crippen LogP contribution in [0.5, 0.6) is 0 Å². The smallest absolute Gasteiger partial charge is 0.272 e. The van der Waals surface area contributed by atoms with Crippen molar-refractivity contribution in [2.45, 2.75) is 6.92 Å². The molecule has 0 atom stereocenters. The highest BCUT2D eigenvalue weighted by atomic mass is 19.1. The quantitative estimate of drug-likeness (QED) is 0.516. The molecule has 0 aliphatic carbocycles. The van der Waals surface area contributed by atoms with Gasteiger partial charge >= 0.3 is 5.69 Å². The molecule has 0 saturated carbocycles. The molecule has 23 heavy (non-hydrogen) atoms. The Morgan fingerprint density at radius 1 is 1.17 bits per heavy atom. The molecule has 2 rings (SSSR count). The van der Waals surface area contributed by atoms with Crippen LogP contribution >= 0.6 is 0 Å². The first-order valence-electron chi connectivity index (χ1n) is 6.37. The Hall–Kier alpha value is -3.36. The molecule has 0 aliphatic rings.